The van der Waals surface area contributed by atoms with Gasteiger partial charge in [0.1, 0.15) is 0 Å². The highest BCUT2D eigenvalue weighted by Crippen LogP contribution is 2.14. The molecule has 0 aliphatic heterocycles. The van der Waals surface area contributed by atoms with Gasteiger partial charge in [-0.25, -0.2) is 0 Å². The molecule has 1 unspecified atom stereocenters. The number of amides is 2. The Morgan fingerprint density at radius 1 is 1.37 bits per heavy atom. The number of carbonyl (C=O) groups excluding carboxylic acids is 2. The minimum absolute atomic E-state index is 0.0651. The molecular formula is C13H17ClN2O3. The molecule has 1 aromatic carbocycles. The summed E-state index contributed by atoms with van der Waals surface area (Å²) in [7, 11) is 0. The first-order chi connectivity index (χ1) is 9.02. The number of nitrogens with one attached hydrogen (secondary N) is 2. The molecule has 2 amide bonds. The topological polar surface area (TPSA) is 78.4 Å². The molecule has 0 heterocycles. The summed E-state index contributed by atoms with van der Waals surface area (Å²) in [6.45, 7) is 1.99. The standard InChI is InChI=1S/C13H17ClN2O3/c1-2-4-11(17)8-15-12(18)13(19)16-10-6-3-5-9(14)7-10/h3,5-7,11,17H,2,4,8H2,1H3,(H,15,18)(H,16,19). The van der Waals surface area contributed by atoms with Gasteiger partial charge in [0.2, 0.25) is 0 Å². The van der Waals surface area contributed by atoms with Gasteiger partial charge in [-0.3, -0.25) is 9.59 Å². The van der Waals surface area contributed by atoms with E-state index in [1.807, 2.05) is 6.92 Å². The molecule has 0 fully saturated rings. The molecule has 1 rings (SSSR count). The summed E-state index contributed by atoms with van der Waals surface area (Å²) in [6.07, 6.45) is 0.759. The molecular weight excluding hydrogens is 268 g/mol. The molecule has 0 bridgehead atoms. The quantitative estimate of drug-likeness (QED) is 0.718. The van der Waals surface area contributed by atoms with Gasteiger partial charge in [0, 0.05) is 17.3 Å². The number of halogens is 1. The van der Waals surface area contributed by atoms with Gasteiger partial charge < -0.3 is 15.7 Å². The Morgan fingerprint density at radius 2 is 2.11 bits per heavy atom. The summed E-state index contributed by atoms with van der Waals surface area (Å²) >= 11 is 5.76. The van der Waals surface area contributed by atoms with Crippen LogP contribution in [0.1, 0.15) is 19.8 Å². The summed E-state index contributed by atoms with van der Waals surface area (Å²) in [5.41, 5.74) is 0.446. The van der Waals surface area contributed by atoms with Crippen molar-refractivity contribution in [3.05, 3.63) is 29.3 Å². The minimum atomic E-state index is -0.786. The van der Waals surface area contributed by atoms with Crippen molar-refractivity contribution in [2.75, 3.05) is 11.9 Å². The summed E-state index contributed by atoms with van der Waals surface area (Å²) in [5, 5.41) is 14.7. The maximum absolute atomic E-state index is 11.5. The van der Waals surface area contributed by atoms with E-state index in [0.717, 1.165) is 6.42 Å². The first kappa shape index (κ1) is 15.5. The third-order valence-electron chi connectivity index (χ3n) is 2.41. The summed E-state index contributed by atoms with van der Waals surface area (Å²) < 4.78 is 0. The van der Waals surface area contributed by atoms with Crippen LogP contribution in [0, 0.1) is 0 Å². The van der Waals surface area contributed by atoms with Gasteiger partial charge in [0.15, 0.2) is 0 Å². The number of anilines is 1. The SMILES string of the molecule is CCCC(O)CNC(=O)C(=O)Nc1cccc(Cl)c1. The van der Waals surface area contributed by atoms with Crippen LogP contribution in [0.2, 0.25) is 5.02 Å². The minimum Gasteiger partial charge on any atom is -0.391 e. The molecule has 6 heteroatoms. The Labute approximate surface area is 117 Å². The van der Waals surface area contributed by atoms with Crippen LogP contribution < -0.4 is 10.6 Å². The number of hydrogen-bond acceptors (Lipinski definition) is 3. The molecule has 19 heavy (non-hydrogen) atoms. The van der Waals surface area contributed by atoms with Crippen LogP contribution in [0.5, 0.6) is 0 Å². The molecule has 0 saturated carbocycles. The van der Waals surface area contributed by atoms with Crippen LogP contribution in [0.4, 0.5) is 5.69 Å². The lowest BCUT2D eigenvalue weighted by Crippen LogP contribution is -2.39. The second kappa shape index (κ2) is 7.76. The van der Waals surface area contributed by atoms with E-state index in [1.165, 1.54) is 0 Å². The molecule has 3 N–H and O–H groups in total. The fourth-order valence-corrected chi connectivity index (χ4v) is 1.67. The van der Waals surface area contributed by atoms with Gasteiger partial charge in [0.05, 0.1) is 6.10 Å². The first-order valence-corrected chi connectivity index (χ1v) is 6.43. The van der Waals surface area contributed by atoms with Crippen molar-refractivity contribution >= 4 is 29.1 Å². The second-order valence-electron chi connectivity index (χ2n) is 4.12. The third-order valence-corrected chi connectivity index (χ3v) is 2.64. The van der Waals surface area contributed by atoms with Crippen LogP contribution in [-0.4, -0.2) is 29.6 Å². The van der Waals surface area contributed by atoms with Crippen molar-refractivity contribution in [1.29, 1.82) is 0 Å². The zero-order valence-electron chi connectivity index (χ0n) is 10.6. The van der Waals surface area contributed by atoms with Crippen molar-refractivity contribution in [3.8, 4) is 0 Å². The molecule has 0 aliphatic carbocycles. The number of benzene rings is 1. The predicted octanol–water partition coefficient (Wildman–Crippen LogP) is 1.56. The van der Waals surface area contributed by atoms with Crippen LogP contribution in [0.25, 0.3) is 0 Å². The van der Waals surface area contributed by atoms with E-state index in [1.54, 1.807) is 24.3 Å². The highest BCUT2D eigenvalue weighted by Gasteiger charge is 2.14. The van der Waals surface area contributed by atoms with Crippen LogP contribution >= 0.6 is 11.6 Å². The van der Waals surface area contributed by atoms with Crippen LogP contribution in [0.3, 0.4) is 0 Å². The lowest BCUT2D eigenvalue weighted by molar-refractivity contribution is -0.136. The number of rotatable bonds is 5. The normalized spacial score (nSPS) is 11.7. The number of hydrogen-bond donors (Lipinski definition) is 3. The van der Waals surface area contributed by atoms with Gasteiger partial charge >= 0.3 is 11.8 Å². The number of aliphatic hydroxyl groups excluding tert-OH is 1. The van der Waals surface area contributed by atoms with Crippen LogP contribution in [-0.2, 0) is 9.59 Å². The van der Waals surface area contributed by atoms with Crippen molar-refractivity contribution in [2.24, 2.45) is 0 Å². The molecule has 1 atom stereocenters. The molecule has 5 nitrogen and oxygen atoms in total. The Morgan fingerprint density at radius 3 is 2.74 bits per heavy atom. The van der Waals surface area contributed by atoms with Gasteiger partial charge in [-0.1, -0.05) is 31.0 Å². The largest absolute Gasteiger partial charge is 0.391 e. The summed E-state index contributed by atoms with van der Waals surface area (Å²) in [5.74, 6) is -1.57. The Balaban J connectivity index is 2.43. The van der Waals surface area contributed by atoms with Gasteiger partial charge in [-0.05, 0) is 24.6 Å². The Bertz CT molecular complexity index is 451. The highest BCUT2D eigenvalue weighted by molar-refractivity contribution is 6.39. The molecule has 0 radical (unpaired) electrons. The fraction of sp³-hybridized carbons (Fsp3) is 0.385. The van der Waals surface area contributed by atoms with E-state index >= 15 is 0 Å². The molecule has 0 spiro atoms. The Hall–Kier alpha value is -1.59. The Kier molecular flexibility index (Phi) is 6.32. The van der Waals surface area contributed by atoms with E-state index < -0.39 is 17.9 Å². The average molecular weight is 285 g/mol. The average Bonchev–Trinajstić information content (AvgIpc) is 2.36. The van der Waals surface area contributed by atoms with Gasteiger partial charge in [-0.2, -0.15) is 0 Å². The third kappa shape index (κ3) is 5.72. The van der Waals surface area contributed by atoms with Gasteiger partial charge in [0.25, 0.3) is 0 Å². The summed E-state index contributed by atoms with van der Waals surface area (Å²) in [6, 6.07) is 6.50. The first-order valence-electron chi connectivity index (χ1n) is 6.05. The molecule has 0 saturated heterocycles. The number of carbonyl (C=O) groups is 2. The molecule has 0 aromatic heterocycles. The molecule has 1 aromatic rings. The molecule has 0 aliphatic rings. The fourth-order valence-electron chi connectivity index (χ4n) is 1.48. The van der Waals surface area contributed by atoms with Crippen molar-refractivity contribution in [1.82, 2.24) is 5.32 Å². The van der Waals surface area contributed by atoms with Gasteiger partial charge in [-0.15, -0.1) is 0 Å². The second-order valence-corrected chi connectivity index (χ2v) is 4.55. The van der Waals surface area contributed by atoms with E-state index in [-0.39, 0.29) is 6.54 Å². The lowest BCUT2D eigenvalue weighted by atomic mass is 10.2. The van der Waals surface area contributed by atoms with Crippen molar-refractivity contribution in [2.45, 2.75) is 25.9 Å². The highest BCUT2D eigenvalue weighted by atomic mass is 35.5. The maximum atomic E-state index is 11.5. The van der Waals surface area contributed by atoms with Crippen molar-refractivity contribution < 1.29 is 14.7 Å². The maximum Gasteiger partial charge on any atom is 0.313 e. The smallest absolute Gasteiger partial charge is 0.313 e. The zero-order chi connectivity index (χ0) is 14.3. The molecule has 104 valence electrons. The van der Waals surface area contributed by atoms with Crippen LogP contribution in [0.15, 0.2) is 24.3 Å². The monoisotopic (exact) mass is 284 g/mol. The number of aliphatic hydroxyl groups is 1. The lowest BCUT2D eigenvalue weighted by Gasteiger charge is -2.10. The zero-order valence-corrected chi connectivity index (χ0v) is 11.4. The van der Waals surface area contributed by atoms with E-state index in [9.17, 15) is 14.7 Å². The summed E-state index contributed by atoms with van der Waals surface area (Å²) in [4.78, 5) is 23.0. The van der Waals surface area contributed by atoms with E-state index in [0.29, 0.717) is 17.1 Å². The van der Waals surface area contributed by atoms with E-state index in [2.05, 4.69) is 10.6 Å². The van der Waals surface area contributed by atoms with Crippen molar-refractivity contribution in [3.63, 3.8) is 0 Å². The predicted molar refractivity (Wildman–Crippen MR) is 74.0 cm³/mol. The van der Waals surface area contributed by atoms with E-state index in [4.69, 9.17) is 11.6 Å².